The normalized spacial score (nSPS) is 12.9. The summed E-state index contributed by atoms with van der Waals surface area (Å²) in [4.78, 5) is 3.82. The van der Waals surface area contributed by atoms with Gasteiger partial charge in [0, 0.05) is 10.9 Å². The van der Waals surface area contributed by atoms with E-state index in [2.05, 4.69) is 10.1 Å². The van der Waals surface area contributed by atoms with E-state index >= 15 is 0 Å². The van der Waals surface area contributed by atoms with Crippen LogP contribution in [-0.4, -0.2) is 26.9 Å². The summed E-state index contributed by atoms with van der Waals surface area (Å²) in [6, 6.07) is 4.09. The number of fused-ring (bicyclic) bond motifs is 1. The molecule has 0 aliphatic carbocycles. The molecule has 0 radical (unpaired) electrons. The third kappa shape index (κ3) is 3.62. The van der Waals surface area contributed by atoms with Gasteiger partial charge in [-0.15, -0.1) is 0 Å². The summed E-state index contributed by atoms with van der Waals surface area (Å²) in [5, 5.41) is 25.1. The van der Waals surface area contributed by atoms with E-state index in [1.807, 2.05) is 6.07 Å². The molecule has 12 heteroatoms. The fourth-order valence-corrected chi connectivity index (χ4v) is 2.69. The minimum Gasteiger partial charge on any atom is -0.618 e. The second-order valence-electron chi connectivity index (χ2n) is 7.12. The van der Waals surface area contributed by atoms with E-state index in [1.54, 1.807) is 0 Å². The van der Waals surface area contributed by atoms with E-state index in [-0.39, 0.29) is 26.9 Å². The van der Waals surface area contributed by atoms with Crippen LogP contribution in [0.2, 0.25) is 0 Å². The number of halogens is 6. The first-order valence-corrected chi connectivity index (χ1v) is 8.38. The molecular formula is C18H13F6N5O. The molecule has 0 saturated carbocycles. The highest BCUT2D eigenvalue weighted by Crippen LogP contribution is 2.37. The topological polar surface area (TPSA) is 81.4 Å². The van der Waals surface area contributed by atoms with Crippen molar-refractivity contribution in [2.24, 2.45) is 0 Å². The van der Waals surface area contributed by atoms with Crippen molar-refractivity contribution in [1.29, 1.82) is 5.26 Å². The number of hydrogen-bond donors (Lipinski definition) is 0. The molecule has 3 rings (SSSR count). The van der Waals surface area contributed by atoms with Crippen molar-refractivity contribution in [2.45, 2.75) is 37.9 Å². The highest BCUT2D eigenvalue weighted by molar-refractivity contribution is 5.81. The lowest BCUT2D eigenvalue weighted by molar-refractivity contribution is -0.596. The molecule has 0 aliphatic heterocycles. The average Bonchev–Trinajstić information content (AvgIpc) is 3.01. The average molecular weight is 429 g/mol. The summed E-state index contributed by atoms with van der Waals surface area (Å²) in [6.45, 7) is 1.24. The molecule has 0 aliphatic rings. The molecule has 0 spiro atoms. The fourth-order valence-electron chi connectivity index (χ4n) is 2.69. The van der Waals surface area contributed by atoms with Gasteiger partial charge in [0.1, 0.15) is 12.2 Å². The molecule has 6 nitrogen and oxygen atoms in total. The van der Waals surface area contributed by atoms with Crippen molar-refractivity contribution in [3.8, 4) is 17.5 Å². The SMILES string of the molecule is CC(C)(C#N)c1cc(F)c(-c2cc3cnn(CC(F)(F)C(F)(F)F)c3cn2)[n+]([O-])c1. The number of hydrogen-bond acceptors (Lipinski definition) is 4. The van der Waals surface area contributed by atoms with Gasteiger partial charge in [0.05, 0.1) is 29.4 Å². The molecule has 3 heterocycles. The van der Waals surface area contributed by atoms with Crippen LogP contribution in [0, 0.1) is 22.4 Å². The standard InChI is InChI=1S/C18H13F6N5O/c1-16(2,8-25)11-4-12(19)15(29(30)7-11)13-3-10-5-27-28(14(10)6-26-13)9-17(20,21)18(22,23)24/h3-7H,9H2,1-2H3. The van der Waals surface area contributed by atoms with Crippen LogP contribution in [-0.2, 0) is 12.0 Å². The van der Waals surface area contributed by atoms with Crippen LogP contribution in [0.5, 0.6) is 0 Å². The molecule has 3 aromatic heterocycles. The van der Waals surface area contributed by atoms with E-state index in [0.717, 1.165) is 30.7 Å². The van der Waals surface area contributed by atoms with E-state index in [1.165, 1.54) is 13.8 Å². The third-order valence-corrected chi connectivity index (χ3v) is 4.52. The molecule has 0 saturated heterocycles. The number of rotatable bonds is 4. The molecule has 0 amide bonds. The number of alkyl halides is 5. The van der Waals surface area contributed by atoms with Crippen molar-refractivity contribution in [3.05, 3.63) is 47.3 Å². The van der Waals surface area contributed by atoms with Crippen LogP contribution in [0.4, 0.5) is 26.3 Å². The quantitative estimate of drug-likeness (QED) is 0.358. The second kappa shape index (κ2) is 6.86. The van der Waals surface area contributed by atoms with E-state index in [4.69, 9.17) is 5.26 Å². The molecule has 0 atom stereocenters. The number of nitrogens with zero attached hydrogens (tertiary/aromatic N) is 5. The monoisotopic (exact) mass is 429 g/mol. The predicted molar refractivity (Wildman–Crippen MR) is 91.5 cm³/mol. The van der Waals surface area contributed by atoms with Gasteiger partial charge in [-0.3, -0.25) is 4.68 Å². The van der Waals surface area contributed by atoms with E-state index in [9.17, 15) is 31.5 Å². The lowest BCUT2D eigenvalue weighted by Gasteiger charge is -2.19. The largest absolute Gasteiger partial charge is 0.618 e. The highest BCUT2D eigenvalue weighted by Gasteiger charge is 2.57. The number of aromatic nitrogens is 4. The first kappa shape index (κ1) is 21.4. The van der Waals surface area contributed by atoms with Crippen molar-refractivity contribution < 1.29 is 31.1 Å². The Bertz CT molecular complexity index is 1140. The zero-order chi connectivity index (χ0) is 22.5. The van der Waals surface area contributed by atoms with Crippen LogP contribution in [0.1, 0.15) is 19.4 Å². The van der Waals surface area contributed by atoms with Crippen LogP contribution < -0.4 is 4.73 Å². The molecule has 158 valence electrons. The zero-order valence-electron chi connectivity index (χ0n) is 15.5. The Morgan fingerprint density at radius 1 is 1.17 bits per heavy atom. The Morgan fingerprint density at radius 3 is 2.40 bits per heavy atom. The maximum atomic E-state index is 14.6. The van der Waals surface area contributed by atoms with Gasteiger partial charge in [-0.25, -0.2) is 4.98 Å². The smallest absolute Gasteiger partial charge is 0.455 e. The zero-order valence-corrected chi connectivity index (χ0v) is 15.5. The molecule has 0 unspecified atom stereocenters. The maximum absolute atomic E-state index is 14.6. The fraction of sp³-hybridized carbons (Fsp3) is 0.333. The second-order valence-corrected chi connectivity index (χ2v) is 7.12. The van der Waals surface area contributed by atoms with Gasteiger partial charge < -0.3 is 5.21 Å². The number of pyridine rings is 2. The first-order chi connectivity index (χ1) is 13.8. The molecule has 0 bridgehead atoms. The molecule has 3 aromatic rings. The molecule has 0 N–H and O–H groups in total. The molecule has 0 fully saturated rings. The lowest BCUT2D eigenvalue weighted by Crippen LogP contribution is -2.40. The molecule has 0 aromatic carbocycles. The van der Waals surface area contributed by atoms with Gasteiger partial charge in [0.2, 0.25) is 0 Å². The Morgan fingerprint density at radius 2 is 1.83 bits per heavy atom. The van der Waals surface area contributed by atoms with Gasteiger partial charge in [0.15, 0.2) is 12.0 Å². The number of nitriles is 1. The lowest BCUT2D eigenvalue weighted by atomic mass is 9.87. The Labute approximate surface area is 165 Å². The van der Waals surface area contributed by atoms with Gasteiger partial charge >= 0.3 is 12.1 Å². The minimum absolute atomic E-state index is 0.0822. The minimum atomic E-state index is -5.76. The predicted octanol–water partition coefficient (Wildman–Crippen LogP) is 3.87. The van der Waals surface area contributed by atoms with Crippen LogP contribution in [0.15, 0.2) is 30.7 Å². The van der Waals surface area contributed by atoms with Crippen LogP contribution in [0.25, 0.3) is 22.3 Å². The summed E-state index contributed by atoms with van der Waals surface area (Å²) in [5.74, 6) is -5.99. The highest BCUT2D eigenvalue weighted by atomic mass is 19.4. The van der Waals surface area contributed by atoms with E-state index in [0.29, 0.717) is 4.68 Å². The van der Waals surface area contributed by atoms with Gasteiger partial charge in [-0.05, 0) is 26.0 Å². The van der Waals surface area contributed by atoms with Crippen molar-refractivity contribution in [2.75, 3.05) is 0 Å². The van der Waals surface area contributed by atoms with Crippen molar-refractivity contribution in [1.82, 2.24) is 14.8 Å². The van der Waals surface area contributed by atoms with Gasteiger partial charge in [-0.2, -0.15) is 41.4 Å². The third-order valence-electron chi connectivity index (χ3n) is 4.52. The van der Waals surface area contributed by atoms with Crippen LogP contribution in [0.3, 0.4) is 0 Å². The van der Waals surface area contributed by atoms with E-state index < -0.39 is 35.6 Å². The Balaban J connectivity index is 2.03. The van der Waals surface area contributed by atoms with Crippen molar-refractivity contribution in [3.63, 3.8) is 0 Å². The molecule has 30 heavy (non-hydrogen) atoms. The van der Waals surface area contributed by atoms with Gasteiger partial charge in [-0.1, -0.05) is 0 Å². The van der Waals surface area contributed by atoms with Crippen molar-refractivity contribution >= 4 is 10.9 Å². The summed E-state index contributed by atoms with van der Waals surface area (Å²) in [6.07, 6.45) is -2.81. The Hall–Kier alpha value is -3.36. The summed E-state index contributed by atoms with van der Waals surface area (Å²) in [7, 11) is 0. The van der Waals surface area contributed by atoms with Crippen LogP contribution >= 0.6 is 0 Å². The molecular weight excluding hydrogens is 416 g/mol. The maximum Gasteiger partial charge on any atom is 0.455 e. The first-order valence-electron chi connectivity index (χ1n) is 8.38. The van der Waals surface area contributed by atoms with Gasteiger partial charge in [0.25, 0.3) is 5.69 Å². The summed E-state index contributed by atoms with van der Waals surface area (Å²) < 4.78 is 79.1. The summed E-state index contributed by atoms with van der Waals surface area (Å²) >= 11 is 0. The Kier molecular flexibility index (Phi) is 4.88. The summed E-state index contributed by atoms with van der Waals surface area (Å²) in [5.41, 5.74) is -1.83.